The predicted molar refractivity (Wildman–Crippen MR) is 79.6 cm³/mol. The number of ether oxygens (including phenoxy) is 1. The summed E-state index contributed by atoms with van der Waals surface area (Å²) in [7, 11) is 1.61. The van der Waals surface area contributed by atoms with Crippen LogP contribution in [-0.2, 0) is 6.42 Å². The smallest absolute Gasteiger partial charge is 0.251 e. The third-order valence-electron chi connectivity index (χ3n) is 4.01. The highest BCUT2D eigenvalue weighted by molar-refractivity contribution is 5.94. The fourth-order valence-electron chi connectivity index (χ4n) is 2.91. The Morgan fingerprint density at radius 1 is 1.33 bits per heavy atom. The zero-order valence-corrected chi connectivity index (χ0v) is 12.3. The molecule has 1 unspecified atom stereocenters. The van der Waals surface area contributed by atoms with Crippen LogP contribution in [0.2, 0.25) is 0 Å². The lowest BCUT2D eigenvalue weighted by molar-refractivity contribution is 0.0932. The summed E-state index contributed by atoms with van der Waals surface area (Å²) in [6.07, 6.45) is 4.73. The van der Waals surface area contributed by atoms with Crippen LogP contribution in [0.4, 0.5) is 0 Å². The number of furan rings is 1. The van der Waals surface area contributed by atoms with Crippen LogP contribution in [0.15, 0.2) is 34.9 Å². The van der Waals surface area contributed by atoms with Gasteiger partial charge in [0, 0.05) is 17.5 Å². The maximum atomic E-state index is 12.4. The predicted octanol–water partition coefficient (Wildman–Crippen LogP) is 3.40. The second-order valence-corrected chi connectivity index (χ2v) is 5.40. The lowest BCUT2D eigenvalue weighted by Gasteiger charge is -2.23. The molecule has 21 heavy (non-hydrogen) atoms. The molecule has 0 saturated carbocycles. The van der Waals surface area contributed by atoms with Gasteiger partial charge in [0.15, 0.2) is 0 Å². The average Bonchev–Trinajstić information content (AvgIpc) is 2.90. The van der Waals surface area contributed by atoms with Gasteiger partial charge in [0.05, 0.1) is 19.4 Å². The Morgan fingerprint density at radius 2 is 2.10 bits per heavy atom. The maximum Gasteiger partial charge on any atom is 0.251 e. The Morgan fingerprint density at radius 3 is 2.81 bits per heavy atom. The number of aryl methyl sites for hydroxylation is 2. The Balaban J connectivity index is 1.77. The van der Waals surface area contributed by atoms with Crippen LogP contribution >= 0.6 is 0 Å². The van der Waals surface area contributed by atoms with E-state index in [1.807, 2.05) is 6.92 Å². The van der Waals surface area contributed by atoms with Gasteiger partial charge in [0.25, 0.3) is 5.91 Å². The van der Waals surface area contributed by atoms with Gasteiger partial charge in [-0.05, 0) is 49.6 Å². The average molecular weight is 285 g/mol. The molecule has 0 spiro atoms. The van der Waals surface area contributed by atoms with E-state index in [1.165, 1.54) is 0 Å². The number of nitrogens with one attached hydrogen (secondary N) is 1. The highest BCUT2D eigenvalue weighted by Gasteiger charge is 2.26. The summed E-state index contributed by atoms with van der Waals surface area (Å²) in [5.74, 6) is 1.70. The standard InChI is InChI=1S/C17H19NO3/c1-11-10-21-15-5-3-4-14(16(11)15)18-17(19)12-6-8-13(20-2)9-7-12/h6-10,14H,3-5H2,1-2H3,(H,18,19). The largest absolute Gasteiger partial charge is 0.497 e. The van der Waals surface area contributed by atoms with Gasteiger partial charge in [0.2, 0.25) is 0 Å². The Kier molecular flexibility index (Phi) is 3.69. The number of hydrogen-bond donors (Lipinski definition) is 1. The molecule has 0 aliphatic heterocycles. The van der Waals surface area contributed by atoms with Crippen molar-refractivity contribution < 1.29 is 13.9 Å². The first kappa shape index (κ1) is 13.7. The van der Waals surface area contributed by atoms with Crippen LogP contribution < -0.4 is 10.1 Å². The molecule has 1 amide bonds. The summed E-state index contributed by atoms with van der Waals surface area (Å²) in [6.45, 7) is 2.03. The molecule has 0 saturated heterocycles. The molecule has 1 heterocycles. The van der Waals surface area contributed by atoms with Crippen molar-refractivity contribution in [3.8, 4) is 5.75 Å². The first-order valence-electron chi connectivity index (χ1n) is 7.21. The molecule has 1 aromatic carbocycles. The van der Waals surface area contributed by atoms with Crippen molar-refractivity contribution in [2.24, 2.45) is 0 Å². The molecule has 1 N–H and O–H groups in total. The molecule has 0 fully saturated rings. The molecule has 1 atom stereocenters. The quantitative estimate of drug-likeness (QED) is 0.940. The van der Waals surface area contributed by atoms with Crippen molar-refractivity contribution in [2.45, 2.75) is 32.2 Å². The van der Waals surface area contributed by atoms with Gasteiger partial charge in [-0.2, -0.15) is 0 Å². The van der Waals surface area contributed by atoms with Gasteiger partial charge in [0.1, 0.15) is 11.5 Å². The normalized spacial score (nSPS) is 17.1. The van der Waals surface area contributed by atoms with E-state index in [0.29, 0.717) is 5.56 Å². The third kappa shape index (κ3) is 2.66. The second-order valence-electron chi connectivity index (χ2n) is 5.40. The minimum absolute atomic E-state index is 0.0436. The van der Waals surface area contributed by atoms with E-state index in [9.17, 15) is 4.79 Å². The summed E-state index contributed by atoms with van der Waals surface area (Å²) in [6, 6.07) is 7.19. The van der Waals surface area contributed by atoms with Crippen molar-refractivity contribution in [3.63, 3.8) is 0 Å². The fraction of sp³-hybridized carbons (Fsp3) is 0.353. The molecule has 4 nitrogen and oxygen atoms in total. The summed E-state index contributed by atoms with van der Waals surface area (Å²) in [5.41, 5.74) is 2.91. The first-order valence-corrected chi connectivity index (χ1v) is 7.21. The molecule has 4 heteroatoms. The number of carbonyl (C=O) groups is 1. The minimum atomic E-state index is -0.0592. The molecule has 3 rings (SSSR count). The Bertz CT molecular complexity index is 643. The molecule has 0 radical (unpaired) electrons. The second kappa shape index (κ2) is 5.64. The Labute approximate surface area is 124 Å². The highest BCUT2D eigenvalue weighted by atomic mass is 16.5. The zero-order valence-electron chi connectivity index (χ0n) is 12.3. The molecule has 1 aliphatic carbocycles. The van der Waals surface area contributed by atoms with Crippen molar-refractivity contribution in [1.29, 1.82) is 0 Å². The molecule has 1 aromatic heterocycles. The fourth-order valence-corrected chi connectivity index (χ4v) is 2.91. The molecular formula is C17H19NO3. The van der Waals surface area contributed by atoms with Crippen LogP contribution in [0, 0.1) is 6.92 Å². The van der Waals surface area contributed by atoms with Crippen molar-refractivity contribution in [1.82, 2.24) is 5.32 Å². The third-order valence-corrected chi connectivity index (χ3v) is 4.01. The molecule has 110 valence electrons. The van der Waals surface area contributed by atoms with Crippen LogP contribution in [0.3, 0.4) is 0 Å². The summed E-state index contributed by atoms with van der Waals surface area (Å²) >= 11 is 0. The van der Waals surface area contributed by atoms with Crippen molar-refractivity contribution >= 4 is 5.91 Å². The van der Waals surface area contributed by atoms with Gasteiger partial charge in [-0.15, -0.1) is 0 Å². The van der Waals surface area contributed by atoms with E-state index in [2.05, 4.69) is 5.32 Å². The van der Waals surface area contributed by atoms with E-state index < -0.39 is 0 Å². The van der Waals surface area contributed by atoms with E-state index in [4.69, 9.17) is 9.15 Å². The summed E-state index contributed by atoms with van der Waals surface area (Å²) in [4.78, 5) is 12.4. The van der Waals surface area contributed by atoms with E-state index >= 15 is 0 Å². The SMILES string of the molecule is COc1ccc(C(=O)NC2CCCc3occ(C)c32)cc1. The van der Waals surface area contributed by atoms with Crippen LogP contribution in [0.25, 0.3) is 0 Å². The lowest BCUT2D eigenvalue weighted by Crippen LogP contribution is -2.30. The van der Waals surface area contributed by atoms with Crippen LogP contribution in [-0.4, -0.2) is 13.0 Å². The number of benzene rings is 1. The number of rotatable bonds is 3. The van der Waals surface area contributed by atoms with E-state index in [-0.39, 0.29) is 11.9 Å². The number of methoxy groups -OCH3 is 1. The van der Waals surface area contributed by atoms with Gasteiger partial charge in [-0.25, -0.2) is 0 Å². The van der Waals surface area contributed by atoms with Gasteiger partial charge in [-0.3, -0.25) is 4.79 Å². The van der Waals surface area contributed by atoms with E-state index in [1.54, 1.807) is 37.6 Å². The molecule has 0 bridgehead atoms. The zero-order chi connectivity index (χ0) is 14.8. The monoisotopic (exact) mass is 285 g/mol. The van der Waals surface area contributed by atoms with Crippen molar-refractivity contribution in [2.75, 3.05) is 7.11 Å². The summed E-state index contributed by atoms with van der Waals surface area (Å²) in [5, 5.41) is 3.12. The molecule has 2 aromatic rings. The number of hydrogen-bond acceptors (Lipinski definition) is 3. The number of fused-ring (bicyclic) bond motifs is 1. The van der Waals surface area contributed by atoms with Gasteiger partial charge in [-0.1, -0.05) is 0 Å². The molecular weight excluding hydrogens is 266 g/mol. The minimum Gasteiger partial charge on any atom is -0.497 e. The maximum absolute atomic E-state index is 12.4. The summed E-state index contributed by atoms with van der Waals surface area (Å²) < 4.78 is 10.7. The Hall–Kier alpha value is -2.23. The van der Waals surface area contributed by atoms with Crippen molar-refractivity contribution in [3.05, 3.63) is 53.0 Å². The number of amides is 1. The topological polar surface area (TPSA) is 51.5 Å². The van der Waals surface area contributed by atoms with Gasteiger partial charge < -0.3 is 14.5 Å². The van der Waals surface area contributed by atoms with E-state index in [0.717, 1.165) is 41.9 Å². The van der Waals surface area contributed by atoms with Crippen LogP contribution in [0.5, 0.6) is 5.75 Å². The molecule has 1 aliphatic rings. The first-order chi connectivity index (χ1) is 10.2. The highest BCUT2D eigenvalue weighted by Crippen LogP contribution is 2.33. The van der Waals surface area contributed by atoms with Gasteiger partial charge >= 0.3 is 0 Å². The lowest BCUT2D eigenvalue weighted by atomic mass is 9.90. The number of carbonyl (C=O) groups excluding carboxylic acids is 1. The van der Waals surface area contributed by atoms with Crippen LogP contribution in [0.1, 0.15) is 46.1 Å².